The average molecular weight is 353 g/mol. The Hall–Kier alpha value is -2.40. The number of amides is 2. The van der Waals surface area contributed by atoms with Gasteiger partial charge in [0.15, 0.2) is 0 Å². The molecule has 0 aromatic heterocycles. The highest BCUT2D eigenvalue weighted by Gasteiger charge is 2.32. The number of rotatable bonds is 3. The third-order valence-corrected chi connectivity index (χ3v) is 5.39. The van der Waals surface area contributed by atoms with Crippen molar-refractivity contribution in [3.05, 3.63) is 71.0 Å². The molecule has 0 spiro atoms. The van der Waals surface area contributed by atoms with Crippen molar-refractivity contribution in [2.24, 2.45) is 0 Å². The molecule has 2 aliphatic heterocycles. The number of hydrogen-bond acceptors (Lipinski definition) is 2. The van der Waals surface area contributed by atoms with E-state index in [9.17, 15) is 9.18 Å². The number of nitrogens with zero attached hydrogens (tertiary/aromatic N) is 1. The van der Waals surface area contributed by atoms with Crippen LogP contribution in [0, 0.1) is 5.82 Å². The molecule has 5 heteroatoms. The van der Waals surface area contributed by atoms with Gasteiger partial charge in [-0.15, -0.1) is 0 Å². The van der Waals surface area contributed by atoms with Gasteiger partial charge in [0, 0.05) is 19.1 Å². The number of carbonyl (C=O) groups excluding carboxylic acids is 1. The van der Waals surface area contributed by atoms with Gasteiger partial charge in [0.1, 0.15) is 5.82 Å². The Morgan fingerprint density at radius 1 is 1.19 bits per heavy atom. The number of hydrogen-bond donors (Lipinski definition) is 2. The Labute approximate surface area is 153 Å². The van der Waals surface area contributed by atoms with E-state index in [1.54, 1.807) is 12.1 Å². The van der Waals surface area contributed by atoms with Crippen LogP contribution in [0.1, 0.15) is 35.6 Å². The minimum atomic E-state index is -0.263. The highest BCUT2D eigenvalue weighted by molar-refractivity contribution is 5.76. The molecule has 2 N–H and O–H groups in total. The van der Waals surface area contributed by atoms with Crippen LogP contribution in [0.2, 0.25) is 0 Å². The summed E-state index contributed by atoms with van der Waals surface area (Å²) in [5.74, 6) is -0.263. The first-order valence-electron chi connectivity index (χ1n) is 9.33. The fraction of sp³-hybridized carbons (Fsp3) is 0.381. The van der Waals surface area contributed by atoms with Crippen molar-refractivity contribution in [3.8, 4) is 0 Å². The van der Waals surface area contributed by atoms with Crippen LogP contribution >= 0.6 is 0 Å². The second kappa shape index (κ2) is 7.46. The molecule has 2 amide bonds. The van der Waals surface area contributed by atoms with E-state index >= 15 is 0 Å². The highest BCUT2D eigenvalue weighted by atomic mass is 19.1. The lowest BCUT2D eigenvalue weighted by atomic mass is 9.88. The van der Waals surface area contributed by atoms with Gasteiger partial charge in [-0.1, -0.05) is 36.4 Å². The molecule has 26 heavy (non-hydrogen) atoms. The van der Waals surface area contributed by atoms with Crippen molar-refractivity contribution in [3.63, 3.8) is 0 Å². The zero-order valence-electron chi connectivity index (χ0n) is 14.7. The molecule has 0 unspecified atom stereocenters. The molecule has 4 rings (SSSR count). The van der Waals surface area contributed by atoms with E-state index in [2.05, 4.69) is 22.8 Å². The lowest BCUT2D eigenvalue weighted by molar-refractivity contribution is 0.179. The molecule has 2 aromatic rings. The lowest BCUT2D eigenvalue weighted by Gasteiger charge is -2.38. The molecule has 0 saturated carbocycles. The maximum atomic E-state index is 13.4. The minimum Gasteiger partial charge on any atom is -0.336 e. The first-order valence-corrected chi connectivity index (χ1v) is 9.33. The highest BCUT2D eigenvalue weighted by Crippen LogP contribution is 2.35. The zero-order valence-corrected chi connectivity index (χ0v) is 14.7. The van der Waals surface area contributed by atoms with Gasteiger partial charge >= 0.3 is 6.03 Å². The van der Waals surface area contributed by atoms with Gasteiger partial charge in [0.2, 0.25) is 0 Å². The van der Waals surface area contributed by atoms with Gasteiger partial charge in [-0.2, -0.15) is 0 Å². The van der Waals surface area contributed by atoms with Gasteiger partial charge < -0.3 is 15.5 Å². The molecule has 1 saturated heterocycles. The maximum Gasteiger partial charge on any atom is 0.318 e. The smallest absolute Gasteiger partial charge is 0.318 e. The number of fused-ring (bicyclic) bond motifs is 1. The van der Waals surface area contributed by atoms with Crippen molar-refractivity contribution in [2.75, 3.05) is 19.6 Å². The van der Waals surface area contributed by atoms with E-state index < -0.39 is 0 Å². The van der Waals surface area contributed by atoms with Crippen LogP contribution in [0.3, 0.4) is 0 Å². The fourth-order valence-corrected chi connectivity index (χ4v) is 4.03. The molecule has 136 valence electrons. The maximum absolute atomic E-state index is 13.4. The third-order valence-electron chi connectivity index (χ3n) is 5.39. The summed E-state index contributed by atoms with van der Waals surface area (Å²) in [6, 6.07) is 14.8. The predicted molar refractivity (Wildman–Crippen MR) is 99.5 cm³/mol. The van der Waals surface area contributed by atoms with Crippen molar-refractivity contribution >= 4 is 6.03 Å². The topological polar surface area (TPSA) is 44.4 Å². The van der Waals surface area contributed by atoms with Gasteiger partial charge in [0.25, 0.3) is 0 Å². The van der Waals surface area contributed by atoms with Crippen LogP contribution in [-0.2, 0) is 6.42 Å². The summed E-state index contributed by atoms with van der Waals surface area (Å²) < 4.78 is 13.4. The summed E-state index contributed by atoms with van der Waals surface area (Å²) in [4.78, 5) is 14.8. The molecule has 2 atom stereocenters. The van der Waals surface area contributed by atoms with Crippen LogP contribution in [-0.4, -0.2) is 36.6 Å². The normalized spacial score (nSPS) is 22.1. The molecule has 2 aliphatic rings. The van der Waals surface area contributed by atoms with Crippen molar-refractivity contribution < 1.29 is 9.18 Å². The number of carbonyl (C=O) groups is 1. The first-order chi connectivity index (χ1) is 12.7. The van der Waals surface area contributed by atoms with Gasteiger partial charge in [-0.3, -0.25) is 0 Å². The van der Waals surface area contributed by atoms with E-state index in [1.807, 2.05) is 17.0 Å². The third kappa shape index (κ3) is 3.44. The Morgan fingerprint density at radius 3 is 2.77 bits per heavy atom. The van der Waals surface area contributed by atoms with Crippen LogP contribution in [0.25, 0.3) is 0 Å². The minimum absolute atomic E-state index is 0.0532. The Bertz CT molecular complexity index is 771. The summed E-state index contributed by atoms with van der Waals surface area (Å²) in [6.07, 6.45) is 3.10. The SMILES string of the molecule is O=C(NC[C@H]1CCCN1)N1CCc2ccccc2[C@H]1c1ccc(F)cc1. The van der Waals surface area contributed by atoms with E-state index in [-0.39, 0.29) is 17.9 Å². The Balaban J connectivity index is 1.59. The van der Waals surface area contributed by atoms with Crippen LogP contribution in [0.15, 0.2) is 48.5 Å². The van der Waals surface area contributed by atoms with Crippen LogP contribution < -0.4 is 10.6 Å². The molecule has 0 bridgehead atoms. The summed E-state index contributed by atoms with van der Waals surface area (Å²) in [6.45, 7) is 2.33. The van der Waals surface area contributed by atoms with Crippen molar-refractivity contribution in [1.29, 1.82) is 0 Å². The summed E-state index contributed by atoms with van der Waals surface area (Å²) in [5, 5.41) is 6.49. The first kappa shape index (κ1) is 17.0. The van der Waals surface area contributed by atoms with Crippen molar-refractivity contribution in [2.45, 2.75) is 31.3 Å². The van der Waals surface area contributed by atoms with E-state index in [1.165, 1.54) is 17.7 Å². The molecule has 1 fully saturated rings. The molecule has 2 aromatic carbocycles. The number of benzene rings is 2. The zero-order chi connectivity index (χ0) is 17.9. The molecule has 2 heterocycles. The standard InChI is InChI=1S/C21H24FN3O/c22-17-9-7-16(8-10-17)20-19-6-2-1-4-15(19)11-13-25(20)21(26)24-14-18-5-3-12-23-18/h1-2,4,6-10,18,20,23H,3,5,11-14H2,(H,24,26)/t18-,20-/m1/s1. The quantitative estimate of drug-likeness (QED) is 0.890. The largest absolute Gasteiger partial charge is 0.336 e. The summed E-state index contributed by atoms with van der Waals surface area (Å²) in [7, 11) is 0. The molecule has 0 aliphatic carbocycles. The average Bonchev–Trinajstić information content (AvgIpc) is 3.19. The number of halogens is 1. The predicted octanol–water partition coefficient (Wildman–Crippen LogP) is 3.23. The molecular formula is C21H24FN3O. The van der Waals surface area contributed by atoms with Gasteiger partial charge in [0.05, 0.1) is 6.04 Å². The van der Waals surface area contributed by atoms with Crippen LogP contribution in [0.4, 0.5) is 9.18 Å². The molecule has 4 nitrogen and oxygen atoms in total. The van der Waals surface area contributed by atoms with E-state index in [4.69, 9.17) is 0 Å². The van der Waals surface area contributed by atoms with Gasteiger partial charge in [-0.25, -0.2) is 9.18 Å². The molecular weight excluding hydrogens is 329 g/mol. The van der Waals surface area contributed by atoms with E-state index in [0.29, 0.717) is 19.1 Å². The second-order valence-electron chi connectivity index (χ2n) is 7.08. The monoisotopic (exact) mass is 353 g/mol. The summed E-state index contributed by atoms with van der Waals surface area (Å²) >= 11 is 0. The Kier molecular flexibility index (Phi) is 4.89. The second-order valence-corrected chi connectivity index (χ2v) is 7.08. The molecule has 0 radical (unpaired) electrons. The summed E-state index contributed by atoms with van der Waals surface area (Å²) in [5.41, 5.74) is 3.32. The fourth-order valence-electron chi connectivity index (χ4n) is 4.03. The Morgan fingerprint density at radius 2 is 2.00 bits per heavy atom. The number of urea groups is 1. The lowest BCUT2D eigenvalue weighted by Crippen LogP contribution is -2.48. The van der Waals surface area contributed by atoms with E-state index in [0.717, 1.165) is 36.9 Å². The van der Waals surface area contributed by atoms with Crippen molar-refractivity contribution in [1.82, 2.24) is 15.5 Å². The van der Waals surface area contributed by atoms with Gasteiger partial charge in [-0.05, 0) is 54.6 Å². The number of nitrogens with one attached hydrogen (secondary N) is 2. The van der Waals surface area contributed by atoms with Crippen LogP contribution in [0.5, 0.6) is 0 Å².